The monoisotopic (exact) mass is 366 g/mol. The van der Waals surface area contributed by atoms with Crippen molar-refractivity contribution in [3.05, 3.63) is 22.7 Å². The SMILES string of the molecule is C[C@H](CC1C=CC(C)(O)C1)[C@H]1CCC2C(=CBr)CCC[C@@]21C. The first kappa shape index (κ1) is 16.8. The fourth-order valence-electron chi connectivity index (χ4n) is 5.96. The topological polar surface area (TPSA) is 20.2 Å². The maximum atomic E-state index is 10.1. The summed E-state index contributed by atoms with van der Waals surface area (Å²) < 4.78 is 0. The molecule has 3 aliphatic carbocycles. The molecule has 0 radical (unpaired) electrons. The summed E-state index contributed by atoms with van der Waals surface area (Å²) in [6.07, 6.45) is 13.2. The Labute approximate surface area is 144 Å². The first-order chi connectivity index (χ1) is 10.4. The van der Waals surface area contributed by atoms with Crippen molar-refractivity contribution in [1.29, 1.82) is 0 Å². The third-order valence-electron chi connectivity index (χ3n) is 6.94. The summed E-state index contributed by atoms with van der Waals surface area (Å²) in [7, 11) is 0. The third kappa shape index (κ3) is 2.98. The lowest BCUT2D eigenvalue weighted by Crippen LogP contribution is -2.36. The summed E-state index contributed by atoms with van der Waals surface area (Å²) in [6.45, 7) is 6.96. The van der Waals surface area contributed by atoms with Crippen molar-refractivity contribution < 1.29 is 5.11 Å². The number of allylic oxidation sites excluding steroid dienone is 2. The molecule has 2 saturated carbocycles. The zero-order chi connectivity index (χ0) is 16.0. The highest BCUT2D eigenvalue weighted by Gasteiger charge is 2.50. The standard InChI is InChI=1S/C20H31BrO/c1-14(11-15-8-10-19(2,22)12-15)17-6-7-18-16(13-21)5-4-9-20(17,18)3/h8,10,13-15,17-18,22H,4-7,9,11-12H2,1-3H3/t14-,15?,17-,18?,19?,20-/m1/s1. The minimum atomic E-state index is -0.566. The van der Waals surface area contributed by atoms with Gasteiger partial charge in [0.1, 0.15) is 0 Å². The lowest BCUT2D eigenvalue weighted by molar-refractivity contribution is 0.0756. The number of fused-ring (bicyclic) bond motifs is 1. The molecule has 0 saturated heterocycles. The Kier molecular flexibility index (Phi) is 4.64. The lowest BCUT2D eigenvalue weighted by Gasteiger charge is -2.44. The first-order valence-corrected chi connectivity index (χ1v) is 9.98. The minimum Gasteiger partial charge on any atom is -0.386 e. The van der Waals surface area contributed by atoms with E-state index in [0.717, 1.165) is 24.2 Å². The molecular weight excluding hydrogens is 336 g/mol. The van der Waals surface area contributed by atoms with E-state index in [1.807, 2.05) is 13.0 Å². The highest BCUT2D eigenvalue weighted by atomic mass is 79.9. The van der Waals surface area contributed by atoms with Gasteiger partial charge in [-0.15, -0.1) is 0 Å². The second-order valence-electron chi connectivity index (χ2n) is 8.67. The molecule has 3 unspecified atom stereocenters. The van der Waals surface area contributed by atoms with Crippen molar-refractivity contribution in [3.63, 3.8) is 0 Å². The van der Waals surface area contributed by atoms with E-state index >= 15 is 0 Å². The van der Waals surface area contributed by atoms with Gasteiger partial charge in [-0.2, -0.15) is 0 Å². The third-order valence-corrected chi connectivity index (χ3v) is 7.53. The van der Waals surface area contributed by atoms with Gasteiger partial charge in [0.15, 0.2) is 0 Å². The molecule has 0 spiro atoms. The molecule has 0 aliphatic heterocycles. The van der Waals surface area contributed by atoms with Crippen molar-refractivity contribution >= 4 is 15.9 Å². The lowest BCUT2D eigenvalue weighted by atomic mass is 9.61. The second-order valence-corrected chi connectivity index (χ2v) is 9.13. The van der Waals surface area contributed by atoms with E-state index in [1.165, 1.54) is 38.5 Å². The Morgan fingerprint density at radius 1 is 1.41 bits per heavy atom. The van der Waals surface area contributed by atoms with Crippen molar-refractivity contribution in [2.45, 2.75) is 71.3 Å². The molecule has 2 fully saturated rings. The number of hydrogen-bond donors (Lipinski definition) is 1. The highest BCUT2D eigenvalue weighted by molar-refractivity contribution is 9.11. The summed E-state index contributed by atoms with van der Waals surface area (Å²) >= 11 is 3.61. The van der Waals surface area contributed by atoms with Crippen LogP contribution in [0.5, 0.6) is 0 Å². The Morgan fingerprint density at radius 2 is 2.18 bits per heavy atom. The van der Waals surface area contributed by atoms with Crippen molar-refractivity contribution in [2.24, 2.45) is 29.1 Å². The molecule has 1 nitrogen and oxygen atoms in total. The maximum absolute atomic E-state index is 10.1. The molecule has 22 heavy (non-hydrogen) atoms. The Bertz CT molecular complexity index is 478. The zero-order valence-corrected chi connectivity index (χ0v) is 15.9. The van der Waals surface area contributed by atoms with Crippen LogP contribution in [0.1, 0.15) is 65.7 Å². The number of aliphatic hydroxyl groups is 1. The normalized spacial score (nSPS) is 47.9. The van der Waals surface area contributed by atoms with Crippen LogP contribution in [0, 0.1) is 29.1 Å². The van der Waals surface area contributed by atoms with Crippen molar-refractivity contribution in [3.8, 4) is 0 Å². The molecule has 1 N–H and O–H groups in total. The molecule has 0 bridgehead atoms. The summed E-state index contributed by atoms with van der Waals surface area (Å²) in [6, 6.07) is 0. The molecular formula is C20H31BrO. The Hall–Kier alpha value is -0.0800. The van der Waals surface area contributed by atoms with Crippen LogP contribution < -0.4 is 0 Å². The highest BCUT2D eigenvalue weighted by Crippen LogP contribution is 2.60. The van der Waals surface area contributed by atoms with Gasteiger partial charge in [0.25, 0.3) is 0 Å². The number of rotatable bonds is 3. The van der Waals surface area contributed by atoms with E-state index in [2.05, 4.69) is 40.8 Å². The molecule has 2 heteroatoms. The van der Waals surface area contributed by atoms with Gasteiger partial charge in [-0.3, -0.25) is 0 Å². The summed E-state index contributed by atoms with van der Waals surface area (Å²) in [5.74, 6) is 2.98. The van der Waals surface area contributed by atoms with Crippen molar-refractivity contribution in [1.82, 2.24) is 0 Å². The molecule has 3 rings (SSSR count). The van der Waals surface area contributed by atoms with Crippen LogP contribution in [0.4, 0.5) is 0 Å². The quantitative estimate of drug-likeness (QED) is 0.622. The van der Waals surface area contributed by atoms with Gasteiger partial charge in [0, 0.05) is 0 Å². The van der Waals surface area contributed by atoms with Crippen molar-refractivity contribution in [2.75, 3.05) is 0 Å². The van der Waals surface area contributed by atoms with Crippen LogP contribution in [0.3, 0.4) is 0 Å². The average molecular weight is 367 g/mol. The largest absolute Gasteiger partial charge is 0.386 e. The molecule has 3 aliphatic rings. The van der Waals surface area contributed by atoms with Crippen LogP contribution in [0.25, 0.3) is 0 Å². The summed E-state index contributed by atoms with van der Waals surface area (Å²) in [5.41, 5.74) is 1.60. The van der Waals surface area contributed by atoms with Gasteiger partial charge in [-0.05, 0) is 85.9 Å². The zero-order valence-electron chi connectivity index (χ0n) is 14.3. The second kappa shape index (κ2) is 6.09. The van der Waals surface area contributed by atoms with Gasteiger partial charge in [-0.25, -0.2) is 0 Å². The van der Waals surface area contributed by atoms with Crippen LogP contribution >= 0.6 is 15.9 Å². The molecule has 6 atom stereocenters. The maximum Gasteiger partial charge on any atom is 0.0805 e. The average Bonchev–Trinajstić information content (AvgIpc) is 2.97. The first-order valence-electron chi connectivity index (χ1n) is 9.06. The predicted molar refractivity (Wildman–Crippen MR) is 96.8 cm³/mol. The summed E-state index contributed by atoms with van der Waals surface area (Å²) in [5, 5.41) is 10.1. The van der Waals surface area contributed by atoms with Crippen LogP contribution in [-0.2, 0) is 0 Å². The fraction of sp³-hybridized carbons (Fsp3) is 0.800. The van der Waals surface area contributed by atoms with Gasteiger partial charge >= 0.3 is 0 Å². The molecule has 124 valence electrons. The van der Waals surface area contributed by atoms with E-state index in [4.69, 9.17) is 0 Å². The summed E-state index contributed by atoms with van der Waals surface area (Å²) in [4.78, 5) is 2.22. The van der Waals surface area contributed by atoms with E-state index in [-0.39, 0.29) is 0 Å². The number of halogens is 1. The van der Waals surface area contributed by atoms with Gasteiger partial charge in [0.2, 0.25) is 0 Å². The van der Waals surface area contributed by atoms with Crippen LogP contribution in [0.15, 0.2) is 22.7 Å². The molecule has 0 aromatic carbocycles. The Morgan fingerprint density at radius 3 is 2.82 bits per heavy atom. The van der Waals surface area contributed by atoms with Crippen LogP contribution in [-0.4, -0.2) is 10.7 Å². The fourth-order valence-corrected chi connectivity index (χ4v) is 6.51. The molecule has 0 heterocycles. The van der Waals surface area contributed by atoms with E-state index in [0.29, 0.717) is 11.3 Å². The molecule has 0 aromatic rings. The smallest absolute Gasteiger partial charge is 0.0805 e. The number of hydrogen-bond acceptors (Lipinski definition) is 1. The van der Waals surface area contributed by atoms with Crippen LogP contribution in [0.2, 0.25) is 0 Å². The molecule has 0 amide bonds. The van der Waals surface area contributed by atoms with Gasteiger partial charge in [-0.1, -0.05) is 47.5 Å². The Balaban J connectivity index is 1.69. The van der Waals surface area contributed by atoms with E-state index in [1.54, 1.807) is 5.57 Å². The van der Waals surface area contributed by atoms with Gasteiger partial charge < -0.3 is 5.11 Å². The predicted octanol–water partition coefficient (Wildman–Crippen LogP) is 5.83. The van der Waals surface area contributed by atoms with E-state index in [9.17, 15) is 5.11 Å². The van der Waals surface area contributed by atoms with Gasteiger partial charge in [0.05, 0.1) is 5.60 Å². The molecule has 0 aromatic heterocycles. The minimum absolute atomic E-state index is 0.502. The van der Waals surface area contributed by atoms with E-state index < -0.39 is 5.60 Å².